The van der Waals surface area contributed by atoms with Crippen LogP contribution in [-0.2, 0) is 17.4 Å². The molecule has 0 atom stereocenters. The van der Waals surface area contributed by atoms with E-state index in [1.54, 1.807) is 0 Å². The normalized spacial score (nSPS) is 8.59. The Kier molecular flexibility index (Phi) is 6.96. The molecule has 0 aromatic heterocycles. The summed E-state index contributed by atoms with van der Waals surface area (Å²) in [4.78, 5) is 0. The average Bonchev–Trinajstić information content (AvgIpc) is 2.28. The molecule has 0 unspecified atom stereocenters. The first-order valence-electron chi connectivity index (χ1n) is 4.47. The number of rotatable bonds is 0. The molecule has 17 heavy (non-hydrogen) atoms. The Bertz CT molecular complexity index is 344. The number of hydrogen-bond donors (Lipinski definition) is 2. The van der Waals surface area contributed by atoms with E-state index < -0.39 is 0 Å². The predicted octanol–water partition coefficient (Wildman–Crippen LogP) is 3.06. The van der Waals surface area contributed by atoms with Crippen molar-refractivity contribution in [1.29, 1.82) is 0 Å². The molecule has 0 spiro atoms. The zero-order chi connectivity index (χ0) is 12.0. The molecule has 0 aliphatic heterocycles. The number of hydrogen-bond acceptors (Lipinski definition) is 2. The summed E-state index contributed by atoms with van der Waals surface area (Å²) in [5.41, 5.74) is 0. The van der Waals surface area contributed by atoms with Gasteiger partial charge in [0.2, 0.25) is 0 Å². The maximum atomic E-state index is 12.0. The number of aromatic hydroxyl groups is 2. The maximum absolute atomic E-state index is 12.0. The fourth-order valence-corrected chi connectivity index (χ4v) is 0.882. The van der Waals surface area contributed by atoms with Gasteiger partial charge in [-0.05, 0) is 48.5 Å². The Labute approximate surface area is 108 Å². The van der Waals surface area contributed by atoms with Crippen LogP contribution in [0.4, 0.5) is 8.78 Å². The van der Waals surface area contributed by atoms with Crippen molar-refractivity contribution in [2.45, 2.75) is 0 Å². The summed E-state index contributed by atoms with van der Waals surface area (Å²) in [5.74, 6) is -0.483. The van der Waals surface area contributed by atoms with Gasteiger partial charge in [-0.3, -0.25) is 0 Å². The Hall–Kier alpha value is -1.57. The molecule has 90 valence electrons. The second-order valence-electron chi connectivity index (χ2n) is 2.95. The minimum Gasteiger partial charge on any atom is -0.508 e. The maximum Gasteiger partial charge on any atom is 0.123 e. The van der Waals surface area contributed by atoms with E-state index in [1.807, 2.05) is 0 Å². The fourth-order valence-electron chi connectivity index (χ4n) is 0.882. The number of benzene rings is 2. The van der Waals surface area contributed by atoms with Gasteiger partial charge in [-0.15, -0.1) is 0 Å². The molecule has 2 rings (SSSR count). The Morgan fingerprint density at radius 3 is 1.00 bits per heavy atom. The molecule has 0 saturated heterocycles. The largest absolute Gasteiger partial charge is 0.508 e. The predicted molar refractivity (Wildman–Crippen MR) is 56.1 cm³/mol. The summed E-state index contributed by atoms with van der Waals surface area (Å²) >= 11 is 0. The van der Waals surface area contributed by atoms with E-state index in [1.165, 1.54) is 48.5 Å². The summed E-state index contributed by atoms with van der Waals surface area (Å²) < 4.78 is 24.0. The van der Waals surface area contributed by atoms with E-state index in [2.05, 4.69) is 0 Å². The van der Waals surface area contributed by atoms with Gasteiger partial charge in [-0.1, -0.05) is 0 Å². The molecule has 0 radical (unpaired) electrons. The molecule has 0 aliphatic rings. The number of phenolic OH excluding ortho intramolecular Hbond substituents is 2. The molecule has 0 heterocycles. The average molecular weight is 276 g/mol. The quantitative estimate of drug-likeness (QED) is 0.776. The molecule has 0 saturated carbocycles. The van der Waals surface area contributed by atoms with Crippen LogP contribution in [0.3, 0.4) is 0 Å². The number of halogens is 2. The van der Waals surface area contributed by atoms with Gasteiger partial charge in [-0.2, -0.15) is 0 Å². The van der Waals surface area contributed by atoms with Crippen LogP contribution in [0.25, 0.3) is 0 Å². The monoisotopic (exact) mass is 276 g/mol. The fraction of sp³-hybridized carbons (Fsp3) is 0. The van der Waals surface area contributed by atoms with Crippen LogP contribution in [0, 0.1) is 11.6 Å². The van der Waals surface area contributed by atoms with Crippen LogP contribution in [-0.4, -0.2) is 10.2 Å². The molecule has 0 amide bonds. The van der Waals surface area contributed by atoms with E-state index in [0.717, 1.165) is 0 Å². The molecule has 2 N–H and O–H groups in total. The molecule has 2 aromatic rings. The first kappa shape index (κ1) is 15.4. The minimum absolute atomic E-state index is 0. The molecule has 5 heteroatoms. The third-order valence-corrected chi connectivity index (χ3v) is 1.65. The third-order valence-electron chi connectivity index (χ3n) is 1.65. The van der Waals surface area contributed by atoms with Crippen molar-refractivity contribution in [3.8, 4) is 11.5 Å². The minimum atomic E-state index is -0.331. The van der Waals surface area contributed by atoms with Crippen LogP contribution in [0.1, 0.15) is 0 Å². The molecule has 0 fully saturated rings. The third kappa shape index (κ3) is 6.57. The van der Waals surface area contributed by atoms with Gasteiger partial charge < -0.3 is 10.2 Å². The summed E-state index contributed by atoms with van der Waals surface area (Å²) in [6.45, 7) is 0. The van der Waals surface area contributed by atoms with Crippen LogP contribution in [0.2, 0.25) is 0 Å². The molecular formula is C12H10CrF2O2. The van der Waals surface area contributed by atoms with Gasteiger partial charge in [0, 0.05) is 17.4 Å². The van der Waals surface area contributed by atoms with Gasteiger partial charge >= 0.3 is 0 Å². The van der Waals surface area contributed by atoms with E-state index in [4.69, 9.17) is 10.2 Å². The van der Waals surface area contributed by atoms with Crippen molar-refractivity contribution in [3.05, 3.63) is 60.2 Å². The van der Waals surface area contributed by atoms with Gasteiger partial charge in [0.05, 0.1) is 0 Å². The summed E-state index contributed by atoms with van der Waals surface area (Å²) in [7, 11) is 0. The molecule has 2 aromatic carbocycles. The SMILES string of the molecule is Oc1ccc(F)cc1.Oc1ccc(F)cc1.[Cr]. The van der Waals surface area contributed by atoms with Crippen molar-refractivity contribution in [2.24, 2.45) is 0 Å². The van der Waals surface area contributed by atoms with E-state index in [9.17, 15) is 8.78 Å². The van der Waals surface area contributed by atoms with Crippen molar-refractivity contribution >= 4 is 0 Å². The summed E-state index contributed by atoms with van der Waals surface area (Å²) in [5, 5.41) is 17.2. The Morgan fingerprint density at radius 1 is 0.588 bits per heavy atom. The van der Waals surface area contributed by atoms with E-state index in [-0.39, 0.29) is 40.5 Å². The summed E-state index contributed by atoms with van der Waals surface area (Å²) in [6, 6.07) is 10.0. The molecule has 2 nitrogen and oxygen atoms in total. The molecule has 0 bridgehead atoms. The zero-order valence-electron chi connectivity index (χ0n) is 8.68. The van der Waals surface area contributed by atoms with Gasteiger partial charge in [0.1, 0.15) is 23.1 Å². The second kappa shape index (κ2) is 7.66. The first-order valence-corrected chi connectivity index (χ1v) is 4.47. The Morgan fingerprint density at radius 2 is 0.824 bits per heavy atom. The van der Waals surface area contributed by atoms with Crippen molar-refractivity contribution in [3.63, 3.8) is 0 Å². The summed E-state index contributed by atoms with van der Waals surface area (Å²) in [6.07, 6.45) is 0. The van der Waals surface area contributed by atoms with E-state index in [0.29, 0.717) is 0 Å². The van der Waals surface area contributed by atoms with Crippen LogP contribution < -0.4 is 0 Å². The zero-order valence-corrected chi connectivity index (χ0v) is 9.95. The smallest absolute Gasteiger partial charge is 0.123 e. The van der Waals surface area contributed by atoms with Gasteiger partial charge in [0.15, 0.2) is 0 Å². The van der Waals surface area contributed by atoms with Crippen molar-refractivity contribution in [2.75, 3.05) is 0 Å². The van der Waals surface area contributed by atoms with Gasteiger partial charge in [-0.25, -0.2) is 8.78 Å². The van der Waals surface area contributed by atoms with Crippen molar-refractivity contribution < 1.29 is 36.4 Å². The van der Waals surface area contributed by atoms with Crippen LogP contribution in [0.15, 0.2) is 48.5 Å². The van der Waals surface area contributed by atoms with Crippen LogP contribution >= 0.6 is 0 Å². The number of phenols is 2. The molecular weight excluding hydrogens is 266 g/mol. The standard InChI is InChI=1S/2C6H5FO.Cr/c2*7-5-1-3-6(8)4-2-5;/h2*1-4,8H;. The molecule has 0 aliphatic carbocycles. The Balaban J connectivity index is 0.000000284. The van der Waals surface area contributed by atoms with Crippen LogP contribution in [0.5, 0.6) is 11.5 Å². The van der Waals surface area contributed by atoms with E-state index >= 15 is 0 Å². The second-order valence-corrected chi connectivity index (χ2v) is 2.95. The first-order chi connectivity index (χ1) is 7.58. The van der Waals surface area contributed by atoms with Gasteiger partial charge in [0.25, 0.3) is 0 Å². The van der Waals surface area contributed by atoms with Crippen molar-refractivity contribution in [1.82, 2.24) is 0 Å². The topological polar surface area (TPSA) is 40.5 Å².